The maximum absolute atomic E-state index is 12.9. The van der Waals surface area contributed by atoms with E-state index in [9.17, 15) is 13.2 Å². The molecule has 11 heteroatoms. The highest BCUT2D eigenvalue weighted by molar-refractivity contribution is 7.89. The molecule has 0 radical (unpaired) electrons. The van der Waals surface area contributed by atoms with Gasteiger partial charge in [-0.25, -0.2) is 8.42 Å². The van der Waals surface area contributed by atoms with Crippen LogP contribution in [-0.4, -0.2) is 46.5 Å². The van der Waals surface area contributed by atoms with Crippen molar-refractivity contribution in [1.82, 2.24) is 24.4 Å². The summed E-state index contributed by atoms with van der Waals surface area (Å²) < 4.78 is 29.4. The van der Waals surface area contributed by atoms with Crippen LogP contribution in [0.25, 0.3) is 0 Å². The van der Waals surface area contributed by atoms with E-state index in [-0.39, 0.29) is 34.8 Å². The summed E-state index contributed by atoms with van der Waals surface area (Å²) in [5.74, 6) is 1.44. The third kappa shape index (κ3) is 4.89. The Morgan fingerprint density at radius 2 is 1.87 bits per heavy atom. The minimum absolute atomic E-state index is 0.00272. The monoisotopic (exact) mass is 485 g/mol. The molecule has 2 aromatic rings. The lowest BCUT2D eigenvalue weighted by molar-refractivity contribution is -0.126. The maximum Gasteiger partial charge on any atom is 0.244 e. The first-order valence-electron chi connectivity index (χ1n) is 10.5. The van der Waals surface area contributed by atoms with Crippen LogP contribution in [0.15, 0.2) is 23.1 Å². The number of aryl methyl sites for hydroxylation is 1. The number of benzene rings is 1. The number of nitrogens with zero attached hydrogens (tertiary/aromatic N) is 4. The molecule has 1 aromatic carbocycles. The normalized spacial score (nSPS) is 18.4. The van der Waals surface area contributed by atoms with Gasteiger partial charge in [-0.15, -0.1) is 10.2 Å². The van der Waals surface area contributed by atoms with Crippen molar-refractivity contribution >= 4 is 39.1 Å². The minimum atomic E-state index is -3.76. The molecule has 0 saturated carbocycles. The van der Waals surface area contributed by atoms with Crippen LogP contribution in [0.5, 0.6) is 0 Å². The van der Waals surface area contributed by atoms with Crippen LogP contribution in [0.1, 0.15) is 43.8 Å². The molecule has 1 N–H and O–H groups in total. The van der Waals surface area contributed by atoms with Gasteiger partial charge in [0.05, 0.1) is 11.6 Å². The maximum atomic E-state index is 12.9. The molecule has 0 aliphatic carbocycles. The minimum Gasteiger partial charge on any atom is -0.349 e. The predicted octanol–water partition coefficient (Wildman–Crippen LogP) is 3.03. The van der Waals surface area contributed by atoms with Crippen molar-refractivity contribution < 1.29 is 13.2 Å². The third-order valence-corrected chi connectivity index (χ3v) is 8.56. The molecule has 2 aliphatic heterocycles. The largest absolute Gasteiger partial charge is 0.349 e. The fraction of sp³-hybridized carbons (Fsp3) is 0.550. The summed E-state index contributed by atoms with van der Waals surface area (Å²) >= 11 is 12.0. The highest BCUT2D eigenvalue weighted by Gasteiger charge is 2.33. The van der Waals surface area contributed by atoms with Crippen molar-refractivity contribution in [3.8, 4) is 0 Å². The van der Waals surface area contributed by atoms with Crippen molar-refractivity contribution in [2.45, 2.75) is 56.5 Å². The number of nitrogens with one attached hydrogen (secondary N) is 1. The Balaban J connectivity index is 1.34. The molecule has 2 aliphatic rings. The number of rotatable bonds is 5. The zero-order chi connectivity index (χ0) is 22.0. The Kier molecular flexibility index (Phi) is 6.86. The summed E-state index contributed by atoms with van der Waals surface area (Å²) in [6, 6.07) is 4.38. The Bertz CT molecular complexity index is 1060. The van der Waals surface area contributed by atoms with Crippen molar-refractivity contribution in [2.24, 2.45) is 5.92 Å². The zero-order valence-electron chi connectivity index (χ0n) is 17.1. The number of hydrogen-bond acceptors (Lipinski definition) is 5. The number of carbonyl (C=O) groups is 1. The van der Waals surface area contributed by atoms with Crippen LogP contribution < -0.4 is 5.32 Å². The van der Waals surface area contributed by atoms with Gasteiger partial charge in [0.25, 0.3) is 0 Å². The molecule has 1 saturated heterocycles. The molecule has 3 heterocycles. The molecular weight excluding hydrogens is 461 g/mol. The molecule has 31 heavy (non-hydrogen) atoms. The van der Waals surface area contributed by atoms with Crippen molar-refractivity contribution in [3.63, 3.8) is 0 Å². The standard InChI is InChI=1S/C20H25Cl2N5O3S/c21-15-5-6-16(22)17(12-15)31(29,30)26-10-7-14(8-11-26)20(28)23-13-19-25-24-18-4-2-1-3-9-27(18)19/h5-6,12,14H,1-4,7-11,13H2,(H,23,28). The predicted molar refractivity (Wildman–Crippen MR) is 117 cm³/mol. The number of fused-ring (bicyclic) bond motifs is 1. The Labute approximate surface area is 192 Å². The first-order valence-corrected chi connectivity index (χ1v) is 12.7. The molecular formula is C20H25Cl2N5O3S. The van der Waals surface area contributed by atoms with Gasteiger partial charge in [-0.05, 0) is 43.9 Å². The second-order valence-corrected chi connectivity index (χ2v) is 10.7. The Morgan fingerprint density at radius 3 is 2.65 bits per heavy atom. The number of carbonyl (C=O) groups excluding carboxylic acids is 1. The van der Waals surface area contributed by atoms with Gasteiger partial charge in [0.2, 0.25) is 15.9 Å². The van der Waals surface area contributed by atoms with Gasteiger partial charge in [-0.3, -0.25) is 4.79 Å². The van der Waals surface area contributed by atoms with E-state index in [0.717, 1.165) is 37.5 Å². The van der Waals surface area contributed by atoms with Gasteiger partial charge in [-0.2, -0.15) is 4.31 Å². The van der Waals surface area contributed by atoms with E-state index in [2.05, 4.69) is 20.1 Å². The molecule has 0 unspecified atom stereocenters. The van der Waals surface area contributed by atoms with E-state index in [0.29, 0.717) is 24.4 Å². The summed E-state index contributed by atoms with van der Waals surface area (Å²) in [7, 11) is -3.76. The first kappa shape index (κ1) is 22.5. The van der Waals surface area contributed by atoms with Gasteiger partial charge in [0, 0.05) is 37.0 Å². The van der Waals surface area contributed by atoms with Crippen LogP contribution in [0.4, 0.5) is 0 Å². The smallest absolute Gasteiger partial charge is 0.244 e. The molecule has 1 fully saturated rings. The van der Waals surface area contributed by atoms with Crippen LogP contribution in [0.3, 0.4) is 0 Å². The molecule has 1 aromatic heterocycles. The zero-order valence-corrected chi connectivity index (χ0v) is 19.4. The van der Waals surface area contributed by atoms with Gasteiger partial charge < -0.3 is 9.88 Å². The summed E-state index contributed by atoms with van der Waals surface area (Å²) in [6.07, 6.45) is 5.20. The molecule has 168 valence electrons. The Morgan fingerprint density at radius 1 is 1.10 bits per heavy atom. The van der Waals surface area contributed by atoms with E-state index in [1.807, 2.05) is 0 Å². The van der Waals surface area contributed by atoms with E-state index in [1.165, 1.54) is 22.9 Å². The average molecular weight is 486 g/mol. The van der Waals surface area contributed by atoms with E-state index >= 15 is 0 Å². The van der Waals surface area contributed by atoms with Crippen molar-refractivity contribution in [2.75, 3.05) is 13.1 Å². The number of amides is 1. The number of piperidine rings is 1. The summed E-state index contributed by atoms with van der Waals surface area (Å²) in [4.78, 5) is 12.7. The van der Waals surface area contributed by atoms with E-state index in [4.69, 9.17) is 23.2 Å². The Hall–Kier alpha value is -1.68. The van der Waals surface area contributed by atoms with Crippen molar-refractivity contribution in [3.05, 3.63) is 39.9 Å². The van der Waals surface area contributed by atoms with Gasteiger partial charge in [0.1, 0.15) is 10.7 Å². The van der Waals surface area contributed by atoms with E-state index < -0.39 is 10.0 Å². The average Bonchev–Trinajstić information content (AvgIpc) is 2.99. The number of halogens is 2. The molecule has 1 amide bonds. The highest BCUT2D eigenvalue weighted by atomic mass is 35.5. The van der Waals surface area contributed by atoms with Crippen molar-refractivity contribution in [1.29, 1.82) is 0 Å². The second kappa shape index (κ2) is 9.44. The molecule has 4 rings (SSSR count). The lowest BCUT2D eigenvalue weighted by Gasteiger charge is -2.30. The number of aromatic nitrogens is 3. The topological polar surface area (TPSA) is 97.2 Å². The summed E-state index contributed by atoms with van der Waals surface area (Å²) in [5.41, 5.74) is 0. The summed E-state index contributed by atoms with van der Waals surface area (Å²) in [6.45, 7) is 1.73. The second-order valence-electron chi connectivity index (χ2n) is 7.97. The van der Waals surface area contributed by atoms with Crippen LogP contribution in [0, 0.1) is 5.92 Å². The fourth-order valence-electron chi connectivity index (χ4n) is 4.16. The summed E-state index contributed by atoms with van der Waals surface area (Å²) in [5, 5.41) is 11.9. The lowest BCUT2D eigenvalue weighted by atomic mass is 9.97. The number of hydrogen-bond donors (Lipinski definition) is 1. The molecule has 8 nitrogen and oxygen atoms in total. The SMILES string of the molecule is O=C(NCc1nnc2n1CCCCC2)C1CCN(S(=O)(=O)c2cc(Cl)ccc2Cl)CC1. The molecule has 0 spiro atoms. The van der Waals surface area contributed by atoms with Gasteiger partial charge >= 0.3 is 0 Å². The quantitative estimate of drug-likeness (QED) is 0.701. The highest BCUT2D eigenvalue weighted by Crippen LogP contribution is 2.30. The lowest BCUT2D eigenvalue weighted by Crippen LogP contribution is -2.43. The molecule has 0 bridgehead atoms. The number of sulfonamides is 1. The fourth-order valence-corrected chi connectivity index (χ4v) is 6.37. The van der Waals surface area contributed by atoms with Gasteiger partial charge in [-0.1, -0.05) is 29.6 Å². The van der Waals surface area contributed by atoms with Crippen LogP contribution in [-0.2, 0) is 34.3 Å². The van der Waals surface area contributed by atoms with Gasteiger partial charge in [0.15, 0.2) is 5.82 Å². The van der Waals surface area contributed by atoms with Crippen LogP contribution in [0.2, 0.25) is 10.0 Å². The molecule has 0 atom stereocenters. The van der Waals surface area contributed by atoms with Crippen LogP contribution >= 0.6 is 23.2 Å². The third-order valence-electron chi connectivity index (χ3n) is 5.94. The first-order chi connectivity index (χ1) is 14.9. The van der Waals surface area contributed by atoms with E-state index in [1.54, 1.807) is 6.07 Å².